The maximum absolute atomic E-state index is 12.4. The van der Waals surface area contributed by atoms with E-state index in [2.05, 4.69) is 10.6 Å². The monoisotopic (exact) mass is 368 g/mol. The van der Waals surface area contributed by atoms with Crippen molar-refractivity contribution in [2.45, 2.75) is 46.1 Å². The zero-order valence-electron chi connectivity index (χ0n) is 16.2. The summed E-state index contributed by atoms with van der Waals surface area (Å²) in [6, 6.07) is 14.9. The van der Waals surface area contributed by atoms with E-state index in [1.165, 1.54) is 0 Å². The summed E-state index contributed by atoms with van der Waals surface area (Å²) < 4.78 is 5.60. The van der Waals surface area contributed by atoms with E-state index < -0.39 is 0 Å². The Kier molecular flexibility index (Phi) is 7.86. The lowest BCUT2D eigenvalue weighted by Crippen LogP contribution is -2.32. The fourth-order valence-electron chi connectivity index (χ4n) is 2.66. The Balaban J connectivity index is 2.01. The zero-order valence-corrected chi connectivity index (χ0v) is 16.2. The molecule has 0 aromatic heterocycles. The molecule has 0 aliphatic rings. The normalized spacial score (nSPS) is 11.5. The molecule has 0 saturated carbocycles. The third-order valence-electron chi connectivity index (χ3n) is 4.33. The molecule has 2 rings (SSSR count). The Morgan fingerprint density at radius 1 is 1.04 bits per heavy atom. The predicted molar refractivity (Wildman–Crippen MR) is 108 cm³/mol. The lowest BCUT2D eigenvalue weighted by atomic mass is 10.1. The first-order chi connectivity index (χ1) is 13.0. The highest BCUT2D eigenvalue weighted by molar-refractivity contribution is 6.03. The highest BCUT2D eigenvalue weighted by Gasteiger charge is 2.15. The van der Waals surface area contributed by atoms with Crippen LogP contribution in [0.4, 0.5) is 5.69 Å². The van der Waals surface area contributed by atoms with Gasteiger partial charge in [0.2, 0.25) is 5.91 Å². The molecular weight excluding hydrogens is 340 g/mol. The number of anilines is 1. The Bertz CT molecular complexity index is 774. The molecule has 2 N–H and O–H groups in total. The Hall–Kier alpha value is -2.82. The number of hydrogen-bond acceptors (Lipinski definition) is 3. The second-order valence-electron chi connectivity index (χ2n) is 6.42. The third-order valence-corrected chi connectivity index (χ3v) is 4.33. The number of benzene rings is 2. The van der Waals surface area contributed by atoms with Gasteiger partial charge in [0.05, 0.1) is 17.9 Å². The van der Waals surface area contributed by atoms with Crippen LogP contribution in [-0.2, 0) is 11.2 Å². The minimum Gasteiger partial charge on any atom is -0.494 e. The molecule has 0 bridgehead atoms. The summed E-state index contributed by atoms with van der Waals surface area (Å²) in [5, 5.41) is 5.80. The number of hydrogen-bond donors (Lipinski definition) is 2. The van der Waals surface area contributed by atoms with Crippen molar-refractivity contribution in [3.63, 3.8) is 0 Å². The summed E-state index contributed by atoms with van der Waals surface area (Å²) >= 11 is 0. The Labute approximate surface area is 161 Å². The molecule has 0 radical (unpaired) electrons. The van der Waals surface area contributed by atoms with Crippen molar-refractivity contribution >= 4 is 17.5 Å². The van der Waals surface area contributed by atoms with E-state index in [4.69, 9.17) is 4.74 Å². The van der Waals surface area contributed by atoms with Gasteiger partial charge in [-0.2, -0.15) is 0 Å². The van der Waals surface area contributed by atoms with Gasteiger partial charge in [0.1, 0.15) is 5.75 Å². The van der Waals surface area contributed by atoms with Crippen LogP contribution >= 0.6 is 0 Å². The Morgan fingerprint density at radius 2 is 1.74 bits per heavy atom. The number of para-hydroxylation sites is 2. The van der Waals surface area contributed by atoms with Crippen LogP contribution in [0.2, 0.25) is 0 Å². The number of nitrogens with one attached hydrogen (secondary N) is 2. The van der Waals surface area contributed by atoms with Crippen molar-refractivity contribution in [1.82, 2.24) is 5.32 Å². The van der Waals surface area contributed by atoms with Gasteiger partial charge in [-0.25, -0.2) is 0 Å². The van der Waals surface area contributed by atoms with E-state index in [0.29, 0.717) is 30.7 Å². The first-order valence-corrected chi connectivity index (χ1v) is 9.45. The van der Waals surface area contributed by atoms with Crippen LogP contribution in [0.25, 0.3) is 0 Å². The van der Waals surface area contributed by atoms with Crippen LogP contribution in [0.3, 0.4) is 0 Å². The summed E-state index contributed by atoms with van der Waals surface area (Å²) in [7, 11) is 0. The predicted octanol–water partition coefficient (Wildman–Crippen LogP) is 4.18. The fraction of sp³-hybridized carbons (Fsp3) is 0.364. The molecule has 1 unspecified atom stereocenters. The number of carbonyl (C=O) groups excluding carboxylic acids is 2. The van der Waals surface area contributed by atoms with E-state index in [1.54, 1.807) is 24.3 Å². The topological polar surface area (TPSA) is 67.4 Å². The molecular formula is C22H28N2O3. The van der Waals surface area contributed by atoms with Crippen LogP contribution in [0.5, 0.6) is 5.75 Å². The van der Waals surface area contributed by atoms with E-state index in [0.717, 1.165) is 17.7 Å². The van der Waals surface area contributed by atoms with Crippen LogP contribution < -0.4 is 15.4 Å². The minimum atomic E-state index is -0.179. The van der Waals surface area contributed by atoms with Crippen LogP contribution in [0.1, 0.15) is 49.5 Å². The summed E-state index contributed by atoms with van der Waals surface area (Å²) in [6.45, 7) is 6.49. The second kappa shape index (κ2) is 10.4. The molecule has 2 aromatic rings. The molecule has 5 nitrogen and oxygen atoms in total. The summed E-state index contributed by atoms with van der Waals surface area (Å²) in [6.07, 6.45) is 1.73. The first kappa shape index (κ1) is 20.5. The Morgan fingerprint density at radius 3 is 2.48 bits per heavy atom. The number of carbonyl (C=O) groups is 2. The first-order valence-electron chi connectivity index (χ1n) is 9.45. The molecule has 27 heavy (non-hydrogen) atoms. The van der Waals surface area contributed by atoms with Gasteiger partial charge >= 0.3 is 0 Å². The van der Waals surface area contributed by atoms with Crippen molar-refractivity contribution < 1.29 is 14.3 Å². The highest BCUT2D eigenvalue weighted by Crippen LogP contribution is 2.20. The number of amides is 2. The second-order valence-corrected chi connectivity index (χ2v) is 6.42. The van der Waals surface area contributed by atoms with Crippen molar-refractivity contribution in [3.05, 3.63) is 59.7 Å². The summed E-state index contributed by atoms with van der Waals surface area (Å²) in [5.74, 6) is 0.494. The van der Waals surface area contributed by atoms with Gasteiger partial charge in [-0.1, -0.05) is 37.3 Å². The van der Waals surface area contributed by atoms with Gasteiger partial charge in [0.25, 0.3) is 5.91 Å². The average molecular weight is 368 g/mol. The van der Waals surface area contributed by atoms with E-state index >= 15 is 0 Å². The molecule has 2 aromatic carbocycles. The number of rotatable bonds is 9. The van der Waals surface area contributed by atoms with Gasteiger partial charge in [-0.05, 0) is 50.5 Å². The highest BCUT2D eigenvalue weighted by atomic mass is 16.5. The van der Waals surface area contributed by atoms with Crippen LogP contribution in [-0.4, -0.2) is 24.5 Å². The SMILES string of the molecule is CCOc1ccccc1CCC(=O)Nc1ccccc1C(=O)NC(C)CC. The molecule has 0 aliphatic heterocycles. The molecule has 1 atom stereocenters. The van der Waals surface area contributed by atoms with Crippen molar-refractivity contribution in [3.8, 4) is 5.75 Å². The van der Waals surface area contributed by atoms with Crippen LogP contribution in [0.15, 0.2) is 48.5 Å². The van der Waals surface area contributed by atoms with Crippen molar-refractivity contribution in [1.29, 1.82) is 0 Å². The number of ether oxygens (including phenoxy) is 1. The number of aryl methyl sites for hydroxylation is 1. The van der Waals surface area contributed by atoms with Gasteiger partial charge in [-0.3, -0.25) is 9.59 Å². The molecule has 0 fully saturated rings. The molecule has 0 aliphatic carbocycles. The smallest absolute Gasteiger partial charge is 0.253 e. The zero-order chi connectivity index (χ0) is 19.6. The van der Waals surface area contributed by atoms with Crippen LogP contribution in [0, 0.1) is 0 Å². The van der Waals surface area contributed by atoms with Gasteiger partial charge in [0.15, 0.2) is 0 Å². The average Bonchev–Trinajstić information content (AvgIpc) is 2.67. The summed E-state index contributed by atoms with van der Waals surface area (Å²) in [5.41, 5.74) is 2.00. The summed E-state index contributed by atoms with van der Waals surface area (Å²) in [4.78, 5) is 24.9. The minimum absolute atomic E-state index is 0.0799. The maximum atomic E-state index is 12.4. The third kappa shape index (κ3) is 6.13. The quantitative estimate of drug-likeness (QED) is 0.697. The van der Waals surface area contributed by atoms with E-state index in [-0.39, 0.29) is 17.9 Å². The lowest BCUT2D eigenvalue weighted by Gasteiger charge is -2.15. The molecule has 0 saturated heterocycles. The largest absolute Gasteiger partial charge is 0.494 e. The molecule has 144 valence electrons. The molecule has 5 heteroatoms. The molecule has 0 heterocycles. The van der Waals surface area contributed by atoms with Gasteiger partial charge < -0.3 is 15.4 Å². The van der Waals surface area contributed by atoms with Crippen molar-refractivity contribution in [2.75, 3.05) is 11.9 Å². The van der Waals surface area contributed by atoms with Crippen molar-refractivity contribution in [2.24, 2.45) is 0 Å². The van der Waals surface area contributed by atoms with E-state index in [1.807, 2.05) is 45.0 Å². The standard InChI is InChI=1S/C22H28N2O3/c1-4-16(3)23-22(26)18-11-7-8-12-19(18)24-21(25)15-14-17-10-6-9-13-20(17)27-5-2/h6-13,16H,4-5,14-15H2,1-3H3,(H,23,26)(H,24,25). The molecule has 0 spiro atoms. The molecule has 2 amide bonds. The lowest BCUT2D eigenvalue weighted by molar-refractivity contribution is -0.116. The fourth-order valence-corrected chi connectivity index (χ4v) is 2.66. The van der Waals surface area contributed by atoms with E-state index in [9.17, 15) is 9.59 Å². The maximum Gasteiger partial charge on any atom is 0.253 e. The van der Waals surface area contributed by atoms with Gasteiger partial charge in [0, 0.05) is 12.5 Å². The van der Waals surface area contributed by atoms with Gasteiger partial charge in [-0.15, -0.1) is 0 Å².